The van der Waals surface area contributed by atoms with Crippen LogP contribution >= 0.6 is 0 Å². The average molecular weight is 338 g/mol. The van der Waals surface area contributed by atoms with Crippen molar-refractivity contribution in [1.29, 1.82) is 0 Å². The second kappa shape index (κ2) is 7.06. The van der Waals surface area contributed by atoms with E-state index in [0.29, 0.717) is 6.42 Å². The van der Waals surface area contributed by atoms with E-state index in [4.69, 9.17) is 4.74 Å². The van der Waals surface area contributed by atoms with Crippen LogP contribution in [0.3, 0.4) is 0 Å². The summed E-state index contributed by atoms with van der Waals surface area (Å²) in [6.07, 6.45) is 3.84. The minimum Gasteiger partial charge on any atom is -0.494 e. The minimum atomic E-state index is -3.78. The minimum absolute atomic E-state index is 0.00856. The van der Waals surface area contributed by atoms with Crippen LogP contribution in [0.1, 0.15) is 24.9 Å². The fourth-order valence-electron chi connectivity index (χ4n) is 2.42. The Morgan fingerprint density at radius 3 is 2.48 bits per heavy atom. The number of hydrogen-bond donors (Lipinski definition) is 0. The highest BCUT2D eigenvalue weighted by Gasteiger charge is 2.28. The topological polar surface area (TPSA) is 59.5 Å². The molecule has 124 valence electrons. The van der Waals surface area contributed by atoms with Crippen LogP contribution in [0, 0.1) is 5.82 Å². The van der Waals surface area contributed by atoms with E-state index in [9.17, 15) is 12.8 Å². The second-order valence-electron chi connectivity index (χ2n) is 5.02. The maximum atomic E-state index is 13.5. The van der Waals surface area contributed by atoms with Crippen molar-refractivity contribution in [1.82, 2.24) is 9.29 Å². The second-order valence-corrected chi connectivity index (χ2v) is 7.02. The lowest BCUT2D eigenvalue weighted by Gasteiger charge is -2.27. The summed E-state index contributed by atoms with van der Waals surface area (Å²) >= 11 is 0. The van der Waals surface area contributed by atoms with Gasteiger partial charge in [0, 0.05) is 31.5 Å². The van der Waals surface area contributed by atoms with Crippen LogP contribution in [0.5, 0.6) is 5.75 Å². The summed E-state index contributed by atoms with van der Waals surface area (Å²) in [6, 6.07) is 6.76. The van der Waals surface area contributed by atoms with Gasteiger partial charge in [0.15, 0.2) is 11.6 Å². The molecule has 23 heavy (non-hydrogen) atoms. The van der Waals surface area contributed by atoms with Crippen LogP contribution in [0.15, 0.2) is 47.6 Å². The molecule has 0 bridgehead atoms. The predicted octanol–water partition coefficient (Wildman–Crippen LogP) is 3.00. The molecule has 1 heterocycles. The van der Waals surface area contributed by atoms with Gasteiger partial charge in [-0.05, 0) is 36.2 Å². The fraction of sp³-hybridized carbons (Fsp3) is 0.312. The van der Waals surface area contributed by atoms with Gasteiger partial charge in [0.1, 0.15) is 0 Å². The van der Waals surface area contributed by atoms with E-state index < -0.39 is 15.8 Å². The number of benzene rings is 1. The highest BCUT2D eigenvalue weighted by molar-refractivity contribution is 7.89. The third-order valence-electron chi connectivity index (χ3n) is 3.72. The molecule has 0 unspecified atom stereocenters. The van der Waals surface area contributed by atoms with E-state index in [1.54, 1.807) is 24.5 Å². The summed E-state index contributed by atoms with van der Waals surface area (Å²) in [5.41, 5.74) is 0.850. The quantitative estimate of drug-likeness (QED) is 0.812. The molecule has 0 aliphatic carbocycles. The van der Waals surface area contributed by atoms with Crippen molar-refractivity contribution in [3.63, 3.8) is 0 Å². The van der Waals surface area contributed by atoms with Gasteiger partial charge in [-0.15, -0.1) is 0 Å². The van der Waals surface area contributed by atoms with Gasteiger partial charge in [0.05, 0.1) is 12.0 Å². The number of aromatic nitrogens is 1. The first-order valence-electron chi connectivity index (χ1n) is 7.13. The smallest absolute Gasteiger partial charge is 0.243 e. The average Bonchev–Trinajstić information content (AvgIpc) is 2.56. The molecular weight excluding hydrogens is 319 g/mol. The Kier molecular flexibility index (Phi) is 5.33. The lowest BCUT2D eigenvalue weighted by Crippen LogP contribution is -2.31. The van der Waals surface area contributed by atoms with Crippen LogP contribution in [-0.4, -0.2) is 31.9 Å². The molecule has 2 aromatic rings. The van der Waals surface area contributed by atoms with Crippen LogP contribution < -0.4 is 4.74 Å². The third-order valence-corrected chi connectivity index (χ3v) is 5.58. The molecule has 1 aromatic heterocycles. The Bertz CT molecular complexity index is 766. The van der Waals surface area contributed by atoms with Crippen molar-refractivity contribution in [3.05, 3.63) is 54.1 Å². The third kappa shape index (κ3) is 3.51. The van der Waals surface area contributed by atoms with Gasteiger partial charge in [0.25, 0.3) is 0 Å². The van der Waals surface area contributed by atoms with E-state index in [0.717, 1.165) is 11.6 Å². The zero-order valence-corrected chi connectivity index (χ0v) is 14.0. The van der Waals surface area contributed by atoms with E-state index >= 15 is 0 Å². The van der Waals surface area contributed by atoms with Crippen LogP contribution in [0.4, 0.5) is 4.39 Å². The van der Waals surface area contributed by atoms with Gasteiger partial charge in [-0.25, -0.2) is 12.8 Å². The lowest BCUT2D eigenvalue weighted by atomic mass is 10.1. The first kappa shape index (κ1) is 17.4. The summed E-state index contributed by atoms with van der Waals surface area (Å²) in [4.78, 5) is 3.94. The molecule has 2 rings (SSSR count). The molecule has 0 aliphatic rings. The molecule has 1 atom stereocenters. The number of ether oxygens (including phenoxy) is 1. The molecule has 0 aliphatic heterocycles. The molecule has 7 heteroatoms. The van der Waals surface area contributed by atoms with Gasteiger partial charge in [-0.1, -0.05) is 6.92 Å². The molecule has 0 spiro atoms. The van der Waals surface area contributed by atoms with E-state index in [2.05, 4.69) is 4.98 Å². The standard InChI is InChI=1S/C16H19FN2O3S/c1-4-15(12-7-9-18-10-8-12)19(2)23(20,21)13-5-6-14(17)16(11-13)22-3/h5-11,15H,4H2,1-3H3/t15-/m1/s1. The summed E-state index contributed by atoms with van der Waals surface area (Å²) < 4.78 is 45.3. The monoisotopic (exact) mass is 338 g/mol. The largest absolute Gasteiger partial charge is 0.494 e. The first-order valence-corrected chi connectivity index (χ1v) is 8.57. The number of pyridine rings is 1. The maximum Gasteiger partial charge on any atom is 0.243 e. The molecule has 1 aromatic carbocycles. The zero-order valence-electron chi connectivity index (χ0n) is 13.2. The molecule has 0 amide bonds. The number of sulfonamides is 1. The van der Waals surface area contributed by atoms with Crippen molar-refractivity contribution in [2.24, 2.45) is 0 Å². The highest BCUT2D eigenvalue weighted by atomic mass is 32.2. The molecule has 0 saturated heterocycles. The van der Waals surface area contributed by atoms with Gasteiger partial charge in [-0.3, -0.25) is 4.98 Å². The number of nitrogens with zero attached hydrogens (tertiary/aromatic N) is 2. The molecule has 0 N–H and O–H groups in total. The Labute approximate surface area is 135 Å². The molecule has 0 fully saturated rings. The number of halogens is 1. The Morgan fingerprint density at radius 1 is 1.26 bits per heavy atom. The summed E-state index contributed by atoms with van der Waals surface area (Å²) in [7, 11) is -0.972. The Morgan fingerprint density at radius 2 is 1.91 bits per heavy atom. The van der Waals surface area contributed by atoms with Crippen molar-refractivity contribution >= 4 is 10.0 Å². The maximum absolute atomic E-state index is 13.5. The van der Waals surface area contributed by atoms with Crippen molar-refractivity contribution in [2.75, 3.05) is 14.2 Å². The van der Waals surface area contributed by atoms with Gasteiger partial charge in [-0.2, -0.15) is 4.31 Å². The Balaban J connectivity index is 2.41. The van der Waals surface area contributed by atoms with Gasteiger partial charge in [0.2, 0.25) is 10.0 Å². The van der Waals surface area contributed by atoms with E-state index in [1.165, 1.54) is 30.6 Å². The highest BCUT2D eigenvalue weighted by Crippen LogP contribution is 2.30. The molecular formula is C16H19FN2O3S. The van der Waals surface area contributed by atoms with Crippen LogP contribution in [0.2, 0.25) is 0 Å². The van der Waals surface area contributed by atoms with Crippen molar-refractivity contribution < 1.29 is 17.5 Å². The predicted molar refractivity (Wildman–Crippen MR) is 85.2 cm³/mol. The SMILES string of the molecule is CC[C@H](c1ccncc1)N(C)S(=O)(=O)c1ccc(F)c(OC)c1. The van der Waals surface area contributed by atoms with Crippen LogP contribution in [0.25, 0.3) is 0 Å². The van der Waals surface area contributed by atoms with Gasteiger partial charge >= 0.3 is 0 Å². The van der Waals surface area contributed by atoms with Gasteiger partial charge < -0.3 is 4.74 Å². The number of rotatable bonds is 6. The Hall–Kier alpha value is -1.99. The zero-order chi connectivity index (χ0) is 17.0. The van der Waals surface area contributed by atoms with Crippen molar-refractivity contribution in [2.45, 2.75) is 24.3 Å². The first-order chi connectivity index (χ1) is 10.9. The molecule has 0 saturated carbocycles. The fourth-order valence-corrected chi connectivity index (χ4v) is 3.86. The number of methoxy groups -OCH3 is 1. The van der Waals surface area contributed by atoms with E-state index in [-0.39, 0.29) is 16.7 Å². The van der Waals surface area contributed by atoms with E-state index in [1.807, 2.05) is 6.92 Å². The molecule has 0 radical (unpaired) electrons. The van der Waals surface area contributed by atoms with Crippen LogP contribution in [-0.2, 0) is 10.0 Å². The summed E-state index contributed by atoms with van der Waals surface area (Å²) in [5.74, 6) is -0.702. The number of hydrogen-bond acceptors (Lipinski definition) is 4. The lowest BCUT2D eigenvalue weighted by molar-refractivity contribution is 0.364. The van der Waals surface area contributed by atoms with Crippen molar-refractivity contribution in [3.8, 4) is 5.75 Å². The summed E-state index contributed by atoms with van der Waals surface area (Å²) in [5, 5.41) is 0. The normalized spacial score (nSPS) is 13.1. The molecule has 5 nitrogen and oxygen atoms in total. The summed E-state index contributed by atoms with van der Waals surface area (Å²) in [6.45, 7) is 1.91.